The van der Waals surface area contributed by atoms with Gasteiger partial charge in [0.15, 0.2) is 0 Å². The van der Waals surface area contributed by atoms with Crippen LogP contribution in [0.25, 0.3) is 0 Å². The molecule has 0 heterocycles. The smallest absolute Gasteiger partial charge is 0.393 e. The Morgan fingerprint density at radius 2 is 1.65 bits per heavy atom. The SMILES string of the molecule is CCC(N)CB(Oc1ccc(C)c(Cl)c1)c1ccc(C)c(Cl)c1. The van der Waals surface area contributed by atoms with E-state index in [1.54, 1.807) is 0 Å². The molecular weight excluding hydrogens is 328 g/mol. The monoisotopic (exact) mass is 349 g/mol. The zero-order valence-electron chi connectivity index (χ0n) is 13.8. The Morgan fingerprint density at radius 1 is 1.04 bits per heavy atom. The summed E-state index contributed by atoms with van der Waals surface area (Å²) in [5.74, 6) is 0.741. The first kappa shape index (κ1) is 18.2. The van der Waals surface area contributed by atoms with Crippen LogP contribution in [0.5, 0.6) is 5.75 Å². The maximum atomic E-state index is 6.27. The normalized spacial score (nSPS) is 12.1. The fraction of sp³-hybridized carbons (Fsp3) is 0.333. The third kappa shape index (κ3) is 4.91. The predicted octanol–water partition coefficient (Wildman–Crippen LogP) is 4.63. The average molecular weight is 350 g/mol. The van der Waals surface area contributed by atoms with Crippen LogP contribution in [-0.2, 0) is 0 Å². The molecule has 23 heavy (non-hydrogen) atoms. The molecular formula is C18H22BCl2NO. The summed E-state index contributed by atoms with van der Waals surface area (Å²) in [6.07, 6.45) is 1.62. The van der Waals surface area contributed by atoms with Crippen molar-refractivity contribution in [2.45, 2.75) is 39.6 Å². The molecule has 0 fully saturated rings. The van der Waals surface area contributed by atoms with Gasteiger partial charge in [0, 0.05) is 16.1 Å². The molecule has 0 saturated carbocycles. The highest BCUT2D eigenvalue weighted by Gasteiger charge is 2.24. The fourth-order valence-electron chi connectivity index (χ4n) is 2.31. The summed E-state index contributed by atoms with van der Waals surface area (Å²) in [5, 5.41) is 1.44. The molecule has 0 bridgehead atoms. The van der Waals surface area contributed by atoms with Crippen LogP contribution in [0.3, 0.4) is 0 Å². The summed E-state index contributed by atoms with van der Waals surface area (Å²) in [7, 11) is 0. The van der Waals surface area contributed by atoms with E-state index in [4.69, 9.17) is 33.6 Å². The molecule has 2 rings (SSSR count). The molecule has 2 aromatic carbocycles. The van der Waals surface area contributed by atoms with Crippen molar-refractivity contribution in [1.82, 2.24) is 0 Å². The van der Waals surface area contributed by atoms with Crippen molar-refractivity contribution in [3.8, 4) is 5.75 Å². The van der Waals surface area contributed by atoms with Gasteiger partial charge >= 0.3 is 6.92 Å². The summed E-state index contributed by atoms with van der Waals surface area (Å²) in [5.41, 5.74) is 9.25. The second-order valence-corrected chi connectivity index (χ2v) is 6.74. The van der Waals surface area contributed by atoms with E-state index in [0.29, 0.717) is 5.02 Å². The lowest BCUT2D eigenvalue weighted by Crippen LogP contribution is -2.41. The number of benzene rings is 2. The molecule has 1 atom stereocenters. The molecule has 2 aromatic rings. The van der Waals surface area contributed by atoms with E-state index >= 15 is 0 Å². The van der Waals surface area contributed by atoms with Gasteiger partial charge in [0.05, 0.1) is 0 Å². The Bertz CT molecular complexity index is 678. The van der Waals surface area contributed by atoms with Crippen LogP contribution in [0, 0.1) is 13.8 Å². The highest BCUT2D eigenvalue weighted by molar-refractivity contribution is 6.68. The molecule has 2 N–H and O–H groups in total. The lowest BCUT2D eigenvalue weighted by molar-refractivity contribution is 0.561. The second-order valence-electron chi connectivity index (χ2n) is 5.93. The number of halogens is 2. The van der Waals surface area contributed by atoms with Gasteiger partial charge in [-0.1, -0.05) is 48.3 Å². The van der Waals surface area contributed by atoms with Crippen LogP contribution in [-0.4, -0.2) is 13.0 Å². The van der Waals surface area contributed by atoms with Crippen LogP contribution < -0.4 is 15.9 Å². The van der Waals surface area contributed by atoms with E-state index in [-0.39, 0.29) is 13.0 Å². The van der Waals surface area contributed by atoms with Gasteiger partial charge in [-0.2, -0.15) is 0 Å². The molecule has 0 aliphatic carbocycles. The van der Waals surface area contributed by atoms with E-state index < -0.39 is 0 Å². The molecule has 0 aromatic heterocycles. The van der Waals surface area contributed by atoms with Gasteiger partial charge in [-0.05, 0) is 61.4 Å². The first-order chi connectivity index (χ1) is 10.9. The van der Waals surface area contributed by atoms with Crippen molar-refractivity contribution < 1.29 is 4.65 Å². The van der Waals surface area contributed by atoms with Crippen LogP contribution in [0.1, 0.15) is 24.5 Å². The first-order valence-corrected chi connectivity index (χ1v) is 8.60. The quantitative estimate of drug-likeness (QED) is 0.772. The fourth-order valence-corrected chi connectivity index (χ4v) is 2.67. The topological polar surface area (TPSA) is 35.2 Å². The number of hydrogen-bond donors (Lipinski definition) is 1. The van der Waals surface area contributed by atoms with Gasteiger partial charge in [0.25, 0.3) is 0 Å². The summed E-state index contributed by atoms with van der Waals surface area (Å²) in [6, 6.07) is 11.8. The Kier molecular flexibility index (Phi) is 6.40. The average Bonchev–Trinajstić information content (AvgIpc) is 2.52. The van der Waals surface area contributed by atoms with Gasteiger partial charge < -0.3 is 10.4 Å². The highest BCUT2D eigenvalue weighted by Crippen LogP contribution is 2.23. The largest absolute Gasteiger partial charge is 0.556 e. The number of rotatable bonds is 6. The first-order valence-electron chi connectivity index (χ1n) is 7.85. The van der Waals surface area contributed by atoms with Gasteiger partial charge in [0.2, 0.25) is 0 Å². The molecule has 1 unspecified atom stereocenters. The predicted molar refractivity (Wildman–Crippen MR) is 101 cm³/mol. The molecule has 0 saturated heterocycles. The number of aryl methyl sites for hydroxylation is 2. The Morgan fingerprint density at radius 3 is 2.22 bits per heavy atom. The molecule has 0 radical (unpaired) electrons. The van der Waals surface area contributed by atoms with Crippen molar-refractivity contribution in [3.05, 3.63) is 57.6 Å². The maximum Gasteiger partial charge on any atom is 0.393 e. The van der Waals surface area contributed by atoms with Crippen LogP contribution in [0.15, 0.2) is 36.4 Å². The molecule has 5 heteroatoms. The summed E-state index contributed by atoms with van der Waals surface area (Å²) < 4.78 is 6.18. The van der Waals surface area contributed by atoms with Gasteiger partial charge in [-0.25, -0.2) is 0 Å². The zero-order valence-corrected chi connectivity index (χ0v) is 15.3. The second kappa shape index (κ2) is 8.10. The van der Waals surface area contributed by atoms with Crippen LogP contribution in [0.4, 0.5) is 0 Å². The molecule has 122 valence electrons. The minimum absolute atomic E-state index is 0.0704. The lowest BCUT2D eigenvalue weighted by Gasteiger charge is -2.20. The zero-order chi connectivity index (χ0) is 17.0. The van der Waals surface area contributed by atoms with Gasteiger partial charge in [0.1, 0.15) is 5.75 Å². The minimum Gasteiger partial charge on any atom is -0.556 e. The minimum atomic E-state index is -0.151. The standard InChI is InChI=1S/C18H22BCl2NO/c1-4-15(22)11-19(14-7-5-12(2)17(20)9-14)23-16-8-6-13(3)18(21)10-16/h5-10,15H,4,11,22H2,1-3H3. The Hall–Kier alpha value is -1.16. The van der Waals surface area contributed by atoms with E-state index in [9.17, 15) is 0 Å². The van der Waals surface area contributed by atoms with E-state index in [2.05, 4.69) is 6.92 Å². The number of nitrogens with two attached hydrogens (primary N) is 1. The van der Waals surface area contributed by atoms with Gasteiger partial charge in [-0.15, -0.1) is 0 Å². The third-order valence-electron chi connectivity index (χ3n) is 4.03. The molecule has 2 nitrogen and oxygen atoms in total. The summed E-state index contributed by atoms with van der Waals surface area (Å²) >= 11 is 12.5. The Labute approximate surface area is 149 Å². The van der Waals surface area contributed by atoms with Crippen molar-refractivity contribution >= 4 is 35.6 Å². The van der Waals surface area contributed by atoms with Crippen molar-refractivity contribution in [3.63, 3.8) is 0 Å². The van der Waals surface area contributed by atoms with E-state index in [0.717, 1.165) is 40.1 Å². The maximum absolute atomic E-state index is 6.27. The van der Waals surface area contributed by atoms with E-state index in [1.807, 2.05) is 50.2 Å². The summed E-state index contributed by atoms with van der Waals surface area (Å²) in [6.45, 7) is 5.88. The van der Waals surface area contributed by atoms with Crippen molar-refractivity contribution in [2.24, 2.45) is 5.73 Å². The van der Waals surface area contributed by atoms with E-state index in [1.165, 1.54) is 0 Å². The molecule has 0 amide bonds. The third-order valence-corrected chi connectivity index (χ3v) is 4.84. The summed E-state index contributed by atoms with van der Waals surface area (Å²) in [4.78, 5) is 0. The lowest BCUT2D eigenvalue weighted by atomic mass is 9.56. The molecule has 0 aliphatic heterocycles. The van der Waals surface area contributed by atoms with Crippen molar-refractivity contribution in [2.75, 3.05) is 0 Å². The van der Waals surface area contributed by atoms with Crippen LogP contribution >= 0.6 is 23.2 Å². The number of hydrogen-bond acceptors (Lipinski definition) is 2. The highest BCUT2D eigenvalue weighted by atomic mass is 35.5. The Balaban J connectivity index is 2.29. The molecule has 0 aliphatic rings. The van der Waals surface area contributed by atoms with Crippen molar-refractivity contribution in [1.29, 1.82) is 0 Å². The molecule has 0 spiro atoms. The van der Waals surface area contributed by atoms with Gasteiger partial charge in [-0.3, -0.25) is 0 Å². The van der Waals surface area contributed by atoms with Crippen LogP contribution in [0.2, 0.25) is 16.4 Å².